The maximum atomic E-state index is 12.7. The normalized spacial score (nSPS) is 12.5. The van der Waals surface area contributed by atoms with E-state index in [0.717, 1.165) is 16.7 Å². The lowest BCUT2D eigenvalue weighted by Crippen LogP contribution is -2.38. The van der Waals surface area contributed by atoms with Crippen LogP contribution < -0.4 is 9.47 Å². The lowest BCUT2D eigenvalue weighted by Gasteiger charge is -2.33. The van der Waals surface area contributed by atoms with Crippen LogP contribution in [0, 0.1) is 22.2 Å². The first-order valence-electron chi connectivity index (χ1n) is 15.0. The third-order valence-corrected chi connectivity index (χ3v) is 7.60. The predicted molar refractivity (Wildman–Crippen MR) is 172 cm³/mol. The molecule has 1 unspecified atom stereocenters. The van der Waals surface area contributed by atoms with Crippen molar-refractivity contribution in [2.24, 2.45) is 10.8 Å². The molecule has 45 heavy (non-hydrogen) atoms. The van der Waals surface area contributed by atoms with E-state index in [4.69, 9.17) is 24.2 Å². The molecule has 0 aliphatic heterocycles. The van der Waals surface area contributed by atoms with Crippen LogP contribution >= 0.6 is 0 Å². The monoisotopic (exact) mass is 611 g/mol. The number of rotatable bonds is 15. The lowest BCUT2D eigenvalue weighted by atomic mass is 9.72. The highest BCUT2D eigenvalue weighted by Crippen LogP contribution is 2.38. The van der Waals surface area contributed by atoms with Gasteiger partial charge >= 0.3 is 17.9 Å². The summed E-state index contributed by atoms with van der Waals surface area (Å²) in [6, 6.07) is 23.9. The fourth-order valence-corrected chi connectivity index (χ4v) is 4.83. The molecular weight excluding hydrogens is 570 g/mol. The molecule has 0 spiro atoms. The molecule has 8 nitrogen and oxygen atoms in total. The molecule has 0 aliphatic carbocycles. The number of unbranched alkanes of at least 4 members (excludes halogenated alkanes) is 1. The topological polar surface area (TPSA) is 112 Å². The Balaban J connectivity index is 1.36. The highest BCUT2D eigenvalue weighted by Gasteiger charge is 2.42. The molecule has 0 heterocycles. The number of hydrogen-bond acceptors (Lipinski definition) is 8. The standard InChI is InChI=1S/C37H41NO7/c1-6-37(4,35(41)42-5)26-36(2,3)34(40)44-24-8-7-23-43-31-18-11-27(12-19-31)13-22-33(39)45-32-20-16-30(17-21-32)29-14-9-28(25-38)10-15-29/h9-22H,6-8,23-24,26H2,1-5H3/b22-13+. The van der Waals surface area contributed by atoms with Gasteiger partial charge in [0.05, 0.1) is 42.8 Å². The van der Waals surface area contributed by atoms with E-state index in [-0.39, 0.29) is 18.5 Å². The molecule has 236 valence electrons. The molecule has 0 saturated heterocycles. The second-order valence-electron chi connectivity index (χ2n) is 11.7. The van der Waals surface area contributed by atoms with E-state index >= 15 is 0 Å². The second kappa shape index (κ2) is 16.2. The molecule has 0 N–H and O–H groups in total. The van der Waals surface area contributed by atoms with Crippen molar-refractivity contribution in [3.63, 3.8) is 0 Å². The first-order valence-corrected chi connectivity index (χ1v) is 15.0. The zero-order valence-corrected chi connectivity index (χ0v) is 26.6. The average molecular weight is 612 g/mol. The molecule has 3 aromatic rings. The predicted octanol–water partition coefficient (Wildman–Crippen LogP) is 7.55. The Morgan fingerprint density at radius 1 is 0.800 bits per heavy atom. The summed E-state index contributed by atoms with van der Waals surface area (Å²) in [6.45, 7) is 8.02. The molecule has 3 rings (SSSR count). The summed E-state index contributed by atoms with van der Waals surface area (Å²) < 4.78 is 21.6. The Morgan fingerprint density at radius 2 is 1.38 bits per heavy atom. The molecule has 3 aromatic carbocycles. The molecule has 0 aromatic heterocycles. The first kappa shape index (κ1) is 34.6. The zero-order valence-electron chi connectivity index (χ0n) is 26.6. The number of carbonyl (C=O) groups is 3. The van der Waals surface area contributed by atoms with Crippen LogP contribution in [-0.4, -0.2) is 38.2 Å². The van der Waals surface area contributed by atoms with Gasteiger partial charge < -0.3 is 18.9 Å². The average Bonchev–Trinajstić information content (AvgIpc) is 3.05. The number of benzene rings is 3. The van der Waals surface area contributed by atoms with Crippen molar-refractivity contribution in [3.8, 4) is 28.7 Å². The molecule has 0 bridgehead atoms. The van der Waals surface area contributed by atoms with Gasteiger partial charge in [-0.1, -0.05) is 43.3 Å². The maximum absolute atomic E-state index is 12.7. The fourth-order valence-electron chi connectivity index (χ4n) is 4.83. The van der Waals surface area contributed by atoms with Crippen LogP contribution in [-0.2, 0) is 23.9 Å². The van der Waals surface area contributed by atoms with E-state index in [0.29, 0.717) is 49.4 Å². The molecule has 0 fully saturated rings. The first-order chi connectivity index (χ1) is 21.5. The summed E-state index contributed by atoms with van der Waals surface area (Å²) in [5, 5.41) is 8.94. The molecule has 0 aliphatic rings. The summed E-state index contributed by atoms with van der Waals surface area (Å²) in [7, 11) is 1.36. The van der Waals surface area contributed by atoms with Gasteiger partial charge in [0, 0.05) is 6.08 Å². The van der Waals surface area contributed by atoms with Crippen LogP contribution in [0.2, 0.25) is 0 Å². The number of nitriles is 1. The Hall–Kier alpha value is -4.90. The van der Waals surface area contributed by atoms with Crippen molar-refractivity contribution in [1.29, 1.82) is 5.26 Å². The summed E-state index contributed by atoms with van der Waals surface area (Å²) >= 11 is 0. The van der Waals surface area contributed by atoms with Crippen molar-refractivity contribution < 1.29 is 33.3 Å². The third kappa shape index (κ3) is 10.4. The highest BCUT2D eigenvalue weighted by atomic mass is 16.5. The molecule has 8 heteroatoms. The van der Waals surface area contributed by atoms with E-state index in [9.17, 15) is 14.4 Å². The maximum Gasteiger partial charge on any atom is 0.336 e. The van der Waals surface area contributed by atoms with Gasteiger partial charge in [-0.15, -0.1) is 0 Å². The molecule has 0 radical (unpaired) electrons. The second-order valence-corrected chi connectivity index (χ2v) is 11.7. The van der Waals surface area contributed by atoms with Gasteiger partial charge in [-0.25, -0.2) is 4.79 Å². The number of nitrogens with zero attached hydrogens (tertiary/aromatic N) is 1. The third-order valence-electron chi connectivity index (χ3n) is 7.60. The number of methoxy groups -OCH3 is 1. The molecule has 0 amide bonds. The van der Waals surface area contributed by atoms with Crippen molar-refractivity contribution in [1.82, 2.24) is 0 Å². The van der Waals surface area contributed by atoms with Crippen LogP contribution in [0.5, 0.6) is 11.5 Å². The summed E-state index contributed by atoms with van der Waals surface area (Å²) in [5.41, 5.74) is 1.77. The van der Waals surface area contributed by atoms with Crippen LogP contribution in [0.1, 0.15) is 64.5 Å². The van der Waals surface area contributed by atoms with Crippen molar-refractivity contribution in [2.45, 2.75) is 53.4 Å². The van der Waals surface area contributed by atoms with Crippen LogP contribution in [0.4, 0.5) is 0 Å². The summed E-state index contributed by atoms with van der Waals surface area (Å²) in [4.78, 5) is 37.2. The molecule has 1 atom stereocenters. The molecular formula is C37H41NO7. The lowest BCUT2D eigenvalue weighted by molar-refractivity contribution is -0.161. The van der Waals surface area contributed by atoms with Crippen LogP contribution in [0.25, 0.3) is 17.2 Å². The summed E-state index contributed by atoms with van der Waals surface area (Å²) in [5.74, 6) is -0.0286. The van der Waals surface area contributed by atoms with E-state index in [1.165, 1.54) is 13.2 Å². The number of ether oxygens (including phenoxy) is 4. The Morgan fingerprint density at radius 3 is 1.96 bits per heavy atom. The van der Waals surface area contributed by atoms with E-state index in [2.05, 4.69) is 6.07 Å². The quantitative estimate of drug-likeness (QED) is 0.0749. The fraction of sp³-hybridized carbons (Fsp3) is 0.351. The smallest absolute Gasteiger partial charge is 0.336 e. The minimum Gasteiger partial charge on any atom is -0.494 e. The van der Waals surface area contributed by atoms with Gasteiger partial charge in [0.15, 0.2) is 0 Å². The van der Waals surface area contributed by atoms with Gasteiger partial charge in [0.1, 0.15) is 11.5 Å². The SMILES string of the molecule is CCC(C)(CC(C)(C)C(=O)OCCCCOc1ccc(/C=C/C(=O)Oc2ccc(-c3ccc(C#N)cc3)cc2)cc1)C(=O)OC. The highest BCUT2D eigenvalue weighted by molar-refractivity contribution is 5.88. The van der Waals surface area contributed by atoms with Crippen molar-refractivity contribution in [3.05, 3.63) is 90.0 Å². The number of hydrogen-bond donors (Lipinski definition) is 0. The number of carbonyl (C=O) groups excluding carboxylic acids is 3. The van der Waals surface area contributed by atoms with Crippen LogP contribution in [0.3, 0.4) is 0 Å². The van der Waals surface area contributed by atoms with Crippen molar-refractivity contribution in [2.75, 3.05) is 20.3 Å². The van der Waals surface area contributed by atoms with Gasteiger partial charge in [-0.05, 0) is 106 Å². The van der Waals surface area contributed by atoms with E-state index < -0.39 is 16.8 Å². The minimum absolute atomic E-state index is 0.272. The van der Waals surface area contributed by atoms with Gasteiger partial charge in [-0.2, -0.15) is 5.26 Å². The molecule has 0 saturated carbocycles. The minimum atomic E-state index is -0.817. The largest absolute Gasteiger partial charge is 0.494 e. The zero-order chi connectivity index (χ0) is 32.9. The van der Waals surface area contributed by atoms with Gasteiger partial charge in [0.25, 0.3) is 0 Å². The van der Waals surface area contributed by atoms with Gasteiger partial charge in [-0.3, -0.25) is 9.59 Å². The van der Waals surface area contributed by atoms with E-state index in [1.54, 1.807) is 44.2 Å². The van der Waals surface area contributed by atoms with Gasteiger partial charge in [0.2, 0.25) is 0 Å². The van der Waals surface area contributed by atoms with Crippen LogP contribution in [0.15, 0.2) is 78.9 Å². The Labute approximate surface area is 265 Å². The van der Waals surface area contributed by atoms with Crippen molar-refractivity contribution >= 4 is 24.0 Å². The Bertz CT molecular complexity index is 1500. The number of esters is 3. The van der Waals surface area contributed by atoms with E-state index in [1.807, 2.05) is 62.4 Å². The Kier molecular flexibility index (Phi) is 12.5. The summed E-state index contributed by atoms with van der Waals surface area (Å²) in [6.07, 6.45) is 5.28.